The number of aliphatic hydroxyl groups is 1. The first-order valence-corrected chi connectivity index (χ1v) is 12.8. The van der Waals surface area contributed by atoms with E-state index in [0.717, 1.165) is 16.4 Å². The first-order chi connectivity index (χ1) is 17.0. The van der Waals surface area contributed by atoms with Crippen LogP contribution in [0.2, 0.25) is 10.3 Å². The summed E-state index contributed by atoms with van der Waals surface area (Å²) in [4.78, 5) is 20.9. The van der Waals surface area contributed by atoms with Gasteiger partial charge in [0.25, 0.3) is 0 Å². The van der Waals surface area contributed by atoms with E-state index in [4.69, 9.17) is 27.9 Å². The van der Waals surface area contributed by atoms with Crippen molar-refractivity contribution in [1.29, 1.82) is 0 Å². The molecule has 36 heavy (non-hydrogen) atoms. The molecule has 0 bridgehead atoms. The number of carbonyl (C=O) groups is 1. The molecule has 0 spiro atoms. The second kappa shape index (κ2) is 10.3. The molecule has 0 radical (unpaired) electrons. The molecule has 2 atom stereocenters. The Kier molecular flexibility index (Phi) is 7.48. The Morgan fingerprint density at radius 2 is 2.03 bits per heavy atom. The molecule has 1 aliphatic rings. The number of aromatic nitrogens is 2. The third-order valence-electron chi connectivity index (χ3n) is 5.81. The smallest absolute Gasteiger partial charge is 0.244 e. The highest BCUT2D eigenvalue weighted by Crippen LogP contribution is 2.36. The minimum Gasteiger partial charge on any atom is -0.497 e. The second-order valence-corrected chi connectivity index (χ2v) is 10.7. The molecule has 0 unspecified atom stereocenters. The van der Waals surface area contributed by atoms with Gasteiger partial charge in [0.2, 0.25) is 21.2 Å². The maximum absolute atomic E-state index is 13.9. The number of hydrogen-bond acceptors (Lipinski definition) is 7. The van der Waals surface area contributed by atoms with Crippen LogP contribution in [0.15, 0.2) is 47.5 Å². The lowest BCUT2D eigenvalue weighted by Gasteiger charge is -2.25. The number of methoxy groups -OCH3 is 1. The van der Waals surface area contributed by atoms with Gasteiger partial charge in [-0.25, -0.2) is 22.8 Å². The van der Waals surface area contributed by atoms with Gasteiger partial charge in [-0.2, -0.15) is 4.31 Å². The van der Waals surface area contributed by atoms with Crippen molar-refractivity contribution >= 4 is 39.1 Å². The van der Waals surface area contributed by atoms with Crippen LogP contribution in [0.5, 0.6) is 5.75 Å². The summed E-state index contributed by atoms with van der Waals surface area (Å²) >= 11 is 12.0. The molecule has 0 saturated heterocycles. The van der Waals surface area contributed by atoms with E-state index >= 15 is 0 Å². The number of rotatable bonds is 7. The summed E-state index contributed by atoms with van der Waals surface area (Å²) < 4.78 is 46.7. The summed E-state index contributed by atoms with van der Waals surface area (Å²) in [5, 5.41) is 12.6. The van der Waals surface area contributed by atoms with Gasteiger partial charge in [-0.05, 0) is 47.9 Å². The van der Waals surface area contributed by atoms with Crippen LogP contribution < -0.4 is 10.1 Å². The molecule has 3 aromatic rings. The predicted molar refractivity (Wildman–Crippen MR) is 131 cm³/mol. The Hall–Kier alpha value is -2.83. The Bertz CT molecular complexity index is 1440. The van der Waals surface area contributed by atoms with Crippen molar-refractivity contribution in [3.8, 4) is 17.0 Å². The van der Waals surface area contributed by atoms with Crippen molar-refractivity contribution in [3.63, 3.8) is 0 Å². The standard InChI is InChI=1S/C23H21Cl2FN4O5S/c1-12(22(32)28-19(11-31)15-5-16(26)8-17(6-15)35-2)30-10-14-4-3-13(7-20(14)36(30,33)34)21-18(24)9-27-23(25)29-21/h3-9,12,19,31H,10-11H2,1-2H3,(H,28,32)/t12-,19-/m1/s1. The maximum Gasteiger partial charge on any atom is 0.244 e. The first-order valence-electron chi connectivity index (χ1n) is 10.6. The Morgan fingerprint density at radius 1 is 1.28 bits per heavy atom. The molecule has 1 aliphatic heterocycles. The van der Waals surface area contributed by atoms with Gasteiger partial charge in [-0.3, -0.25) is 4.79 Å². The number of amides is 1. The van der Waals surface area contributed by atoms with Gasteiger partial charge in [0.1, 0.15) is 17.6 Å². The fourth-order valence-corrected chi connectivity index (χ4v) is 6.05. The molecule has 9 nitrogen and oxygen atoms in total. The van der Waals surface area contributed by atoms with E-state index in [0.29, 0.717) is 11.1 Å². The molecule has 2 N–H and O–H groups in total. The molecule has 2 aromatic carbocycles. The lowest BCUT2D eigenvalue weighted by Crippen LogP contribution is -2.46. The molecule has 1 amide bonds. The van der Waals surface area contributed by atoms with Crippen LogP contribution >= 0.6 is 23.2 Å². The number of aliphatic hydroxyl groups excluding tert-OH is 1. The van der Waals surface area contributed by atoms with Crippen LogP contribution in [0.4, 0.5) is 4.39 Å². The lowest BCUT2D eigenvalue weighted by atomic mass is 10.1. The SMILES string of the molecule is COc1cc(F)cc([C@@H](CO)NC(=O)[C@@H](C)N2Cc3ccc(-c4nc(Cl)ncc4Cl)cc3S2(=O)=O)c1. The van der Waals surface area contributed by atoms with E-state index in [1.165, 1.54) is 32.4 Å². The van der Waals surface area contributed by atoms with E-state index in [2.05, 4.69) is 15.3 Å². The monoisotopic (exact) mass is 554 g/mol. The summed E-state index contributed by atoms with van der Waals surface area (Å²) in [5.41, 5.74) is 1.46. The van der Waals surface area contributed by atoms with Crippen molar-refractivity contribution in [3.05, 3.63) is 69.8 Å². The van der Waals surface area contributed by atoms with E-state index in [-0.39, 0.29) is 38.8 Å². The van der Waals surface area contributed by atoms with Crippen molar-refractivity contribution in [2.24, 2.45) is 0 Å². The molecular weight excluding hydrogens is 534 g/mol. The Balaban J connectivity index is 1.58. The van der Waals surface area contributed by atoms with E-state index in [9.17, 15) is 22.7 Å². The van der Waals surface area contributed by atoms with Crippen molar-refractivity contribution < 1.29 is 27.4 Å². The van der Waals surface area contributed by atoms with Crippen LogP contribution in [-0.4, -0.2) is 53.5 Å². The van der Waals surface area contributed by atoms with Crippen LogP contribution in [0, 0.1) is 5.82 Å². The minimum atomic E-state index is -4.06. The normalized spacial score (nSPS) is 16.3. The number of sulfonamides is 1. The summed E-state index contributed by atoms with van der Waals surface area (Å²) in [7, 11) is -2.70. The minimum absolute atomic E-state index is 0.0130. The highest BCUT2D eigenvalue weighted by molar-refractivity contribution is 7.89. The number of carbonyl (C=O) groups excluding carboxylic acids is 1. The Morgan fingerprint density at radius 3 is 2.72 bits per heavy atom. The van der Waals surface area contributed by atoms with Gasteiger partial charge >= 0.3 is 0 Å². The number of ether oxygens (including phenoxy) is 1. The van der Waals surface area contributed by atoms with Crippen LogP contribution in [0.1, 0.15) is 24.1 Å². The first kappa shape index (κ1) is 26.2. The molecular formula is C23H21Cl2FN4O5S. The maximum atomic E-state index is 13.9. The van der Waals surface area contributed by atoms with E-state index < -0.39 is 40.4 Å². The molecule has 0 fully saturated rings. The molecule has 0 saturated carbocycles. The fraction of sp³-hybridized carbons (Fsp3) is 0.261. The molecule has 1 aromatic heterocycles. The number of benzene rings is 2. The van der Waals surface area contributed by atoms with Gasteiger partial charge in [-0.1, -0.05) is 23.7 Å². The van der Waals surface area contributed by atoms with Crippen LogP contribution in [0.3, 0.4) is 0 Å². The topological polar surface area (TPSA) is 122 Å². The largest absolute Gasteiger partial charge is 0.497 e. The number of nitrogens with zero attached hydrogens (tertiary/aromatic N) is 3. The molecule has 2 heterocycles. The third-order valence-corrected chi connectivity index (χ3v) is 8.27. The van der Waals surface area contributed by atoms with Crippen molar-refractivity contribution in [1.82, 2.24) is 19.6 Å². The number of nitrogens with one attached hydrogen (secondary N) is 1. The van der Waals surface area contributed by atoms with Gasteiger partial charge < -0.3 is 15.2 Å². The second-order valence-electron chi connectivity index (χ2n) is 8.05. The average Bonchev–Trinajstić information content (AvgIpc) is 3.12. The van der Waals surface area contributed by atoms with Crippen molar-refractivity contribution in [2.75, 3.05) is 13.7 Å². The van der Waals surface area contributed by atoms with E-state index in [1.807, 2.05) is 0 Å². The third kappa shape index (κ3) is 5.02. The lowest BCUT2D eigenvalue weighted by molar-refractivity contribution is -0.125. The molecule has 13 heteroatoms. The molecule has 4 rings (SSSR count). The summed E-state index contributed by atoms with van der Waals surface area (Å²) in [6, 6.07) is 6.39. The van der Waals surface area contributed by atoms with Crippen LogP contribution in [0.25, 0.3) is 11.3 Å². The number of hydrogen-bond donors (Lipinski definition) is 2. The summed E-state index contributed by atoms with van der Waals surface area (Å²) in [5.74, 6) is -1.06. The van der Waals surface area contributed by atoms with E-state index in [1.54, 1.807) is 12.1 Å². The number of fused-ring (bicyclic) bond motifs is 1. The predicted octanol–water partition coefficient (Wildman–Crippen LogP) is 3.34. The highest BCUT2D eigenvalue weighted by atomic mass is 35.5. The van der Waals surface area contributed by atoms with Gasteiger partial charge in [0, 0.05) is 18.2 Å². The van der Waals surface area contributed by atoms with Gasteiger partial charge in [0.05, 0.1) is 41.6 Å². The molecule has 190 valence electrons. The average molecular weight is 555 g/mol. The van der Waals surface area contributed by atoms with Crippen LogP contribution in [-0.2, 0) is 21.4 Å². The Labute approximate surface area is 216 Å². The molecule has 0 aliphatic carbocycles. The quantitative estimate of drug-likeness (QED) is 0.429. The number of halogens is 3. The van der Waals surface area contributed by atoms with Gasteiger partial charge in [0.15, 0.2) is 0 Å². The fourth-order valence-electron chi connectivity index (χ4n) is 3.91. The summed E-state index contributed by atoms with van der Waals surface area (Å²) in [6.07, 6.45) is 1.32. The highest BCUT2D eigenvalue weighted by Gasteiger charge is 2.40. The zero-order chi connectivity index (χ0) is 26.2. The van der Waals surface area contributed by atoms with Crippen molar-refractivity contribution in [2.45, 2.75) is 30.4 Å². The zero-order valence-corrected chi connectivity index (χ0v) is 21.4. The summed E-state index contributed by atoms with van der Waals surface area (Å²) in [6.45, 7) is 0.855. The zero-order valence-electron chi connectivity index (χ0n) is 19.1. The van der Waals surface area contributed by atoms with Gasteiger partial charge in [-0.15, -0.1) is 0 Å².